The van der Waals surface area contributed by atoms with Crippen LogP contribution in [-0.2, 0) is 35.2 Å². The second kappa shape index (κ2) is 16.2. The van der Waals surface area contributed by atoms with Gasteiger partial charge in [0.2, 0.25) is 23.6 Å². The van der Waals surface area contributed by atoms with Gasteiger partial charge in [-0.1, -0.05) is 0 Å². The summed E-state index contributed by atoms with van der Waals surface area (Å²) in [6, 6.07) is -5.03. The number of nitrogens with zero attached hydrogens (tertiary/aromatic N) is 1. The highest BCUT2D eigenvalue weighted by Gasteiger charge is 2.31. The molecule has 1 aromatic rings. The average Bonchev–Trinajstić information content (AvgIpc) is 3.34. The van der Waals surface area contributed by atoms with Crippen LogP contribution in [-0.4, -0.2) is 91.9 Å². The quantitative estimate of drug-likeness (QED) is 0.0976. The number of carbonyl (C=O) groups is 6. The number of H-pyrrole nitrogens is 1. The van der Waals surface area contributed by atoms with Gasteiger partial charge in [0, 0.05) is 31.2 Å². The molecular weight excluding hydrogens is 510 g/mol. The van der Waals surface area contributed by atoms with Gasteiger partial charge in [0.1, 0.15) is 18.1 Å². The number of aliphatic carboxylic acids is 2. The molecule has 0 saturated carbocycles. The molecular formula is C21H33N7O8S. The zero-order chi connectivity index (χ0) is 28.0. The van der Waals surface area contributed by atoms with Crippen LogP contribution in [0.4, 0.5) is 0 Å². The highest BCUT2D eigenvalue weighted by atomic mass is 32.2. The van der Waals surface area contributed by atoms with E-state index in [0.29, 0.717) is 11.4 Å². The van der Waals surface area contributed by atoms with E-state index < -0.39 is 59.7 Å². The van der Waals surface area contributed by atoms with Gasteiger partial charge in [-0.3, -0.25) is 24.0 Å². The van der Waals surface area contributed by atoms with Crippen LogP contribution < -0.4 is 27.4 Å². The van der Waals surface area contributed by atoms with Crippen molar-refractivity contribution in [2.24, 2.45) is 11.5 Å². The number of carbonyl (C=O) groups excluding carboxylic acids is 4. The molecule has 16 heteroatoms. The summed E-state index contributed by atoms with van der Waals surface area (Å²) in [6.07, 6.45) is 3.57. The lowest BCUT2D eigenvalue weighted by Crippen LogP contribution is -2.57. The zero-order valence-corrected chi connectivity index (χ0v) is 21.1. The van der Waals surface area contributed by atoms with Crippen molar-refractivity contribution in [3.63, 3.8) is 0 Å². The summed E-state index contributed by atoms with van der Waals surface area (Å²) in [7, 11) is 0. The van der Waals surface area contributed by atoms with Crippen molar-refractivity contribution in [2.45, 2.75) is 62.7 Å². The van der Waals surface area contributed by atoms with Crippen molar-refractivity contribution in [1.82, 2.24) is 25.9 Å². The van der Waals surface area contributed by atoms with Crippen molar-refractivity contribution in [3.05, 3.63) is 18.2 Å². The van der Waals surface area contributed by atoms with E-state index in [9.17, 15) is 33.9 Å². The number of hydrogen-bond donors (Lipinski definition) is 8. The van der Waals surface area contributed by atoms with Crippen LogP contribution in [0.1, 0.15) is 37.8 Å². The van der Waals surface area contributed by atoms with Crippen LogP contribution in [0.2, 0.25) is 0 Å². The Labute approximate surface area is 216 Å². The van der Waals surface area contributed by atoms with Crippen molar-refractivity contribution in [2.75, 3.05) is 12.0 Å². The topological polar surface area (TPSA) is 260 Å². The maximum absolute atomic E-state index is 13.1. The van der Waals surface area contributed by atoms with Gasteiger partial charge in [-0.25, -0.2) is 9.78 Å². The van der Waals surface area contributed by atoms with E-state index in [0.717, 1.165) is 0 Å². The predicted octanol–water partition coefficient (Wildman–Crippen LogP) is -2.30. The Bertz CT molecular complexity index is 943. The van der Waals surface area contributed by atoms with E-state index >= 15 is 0 Å². The summed E-state index contributed by atoms with van der Waals surface area (Å²) >= 11 is 1.40. The number of carboxylic acid groups (broad SMARTS) is 2. The van der Waals surface area contributed by atoms with Gasteiger partial charge in [0.05, 0.1) is 12.4 Å². The first kappa shape index (κ1) is 31.4. The first-order valence-electron chi connectivity index (χ1n) is 11.3. The minimum Gasteiger partial charge on any atom is -0.481 e. The number of carboxylic acids is 2. The fourth-order valence-corrected chi connectivity index (χ4v) is 3.58. The predicted molar refractivity (Wildman–Crippen MR) is 132 cm³/mol. The molecule has 0 aliphatic carbocycles. The van der Waals surface area contributed by atoms with Crippen molar-refractivity contribution in [1.29, 1.82) is 0 Å². The van der Waals surface area contributed by atoms with E-state index in [2.05, 4.69) is 25.9 Å². The van der Waals surface area contributed by atoms with Crippen LogP contribution >= 0.6 is 11.8 Å². The summed E-state index contributed by atoms with van der Waals surface area (Å²) in [4.78, 5) is 78.7. The van der Waals surface area contributed by atoms with E-state index in [1.54, 1.807) is 6.26 Å². The van der Waals surface area contributed by atoms with E-state index in [1.165, 1.54) is 24.3 Å². The average molecular weight is 544 g/mol. The largest absolute Gasteiger partial charge is 0.481 e. The lowest BCUT2D eigenvalue weighted by Gasteiger charge is -2.25. The first-order chi connectivity index (χ1) is 17.4. The fourth-order valence-electron chi connectivity index (χ4n) is 3.11. The van der Waals surface area contributed by atoms with Gasteiger partial charge in [-0.2, -0.15) is 11.8 Å². The Morgan fingerprint density at radius 1 is 0.946 bits per heavy atom. The summed E-state index contributed by atoms with van der Waals surface area (Å²) < 4.78 is 0. The Kier molecular flexibility index (Phi) is 13.7. The number of amides is 4. The molecule has 4 amide bonds. The molecule has 206 valence electrons. The van der Waals surface area contributed by atoms with Crippen LogP contribution in [0.15, 0.2) is 12.5 Å². The lowest BCUT2D eigenvalue weighted by molar-refractivity contribution is -0.142. The number of thioether (sulfide) groups is 1. The molecule has 0 aliphatic rings. The van der Waals surface area contributed by atoms with Gasteiger partial charge < -0.3 is 42.6 Å². The smallest absolute Gasteiger partial charge is 0.326 e. The molecule has 0 radical (unpaired) electrons. The molecule has 15 nitrogen and oxygen atoms in total. The third-order valence-electron chi connectivity index (χ3n) is 5.16. The fraction of sp³-hybridized carbons (Fsp3) is 0.571. The molecule has 0 spiro atoms. The van der Waals surface area contributed by atoms with Crippen LogP contribution in [0.5, 0.6) is 0 Å². The number of imidazole rings is 1. The summed E-state index contributed by atoms with van der Waals surface area (Å²) in [5.74, 6) is -5.13. The molecule has 0 aliphatic heterocycles. The Morgan fingerprint density at radius 3 is 2.11 bits per heavy atom. The van der Waals surface area contributed by atoms with Crippen LogP contribution in [0.3, 0.4) is 0 Å². The van der Waals surface area contributed by atoms with Gasteiger partial charge in [-0.15, -0.1) is 0 Å². The minimum absolute atomic E-state index is 0.0823. The van der Waals surface area contributed by atoms with Crippen molar-refractivity contribution < 1.29 is 39.0 Å². The van der Waals surface area contributed by atoms with Gasteiger partial charge in [-0.05, 0) is 31.3 Å². The van der Waals surface area contributed by atoms with Crippen LogP contribution in [0, 0.1) is 0 Å². The lowest BCUT2D eigenvalue weighted by atomic mass is 10.1. The highest BCUT2D eigenvalue weighted by Crippen LogP contribution is 2.06. The summed E-state index contributed by atoms with van der Waals surface area (Å²) in [6.45, 7) is 0. The molecule has 1 aromatic heterocycles. The second-order valence-corrected chi connectivity index (χ2v) is 9.11. The number of hydrogen-bond acceptors (Lipinski definition) is 9. The van der Waals surface area contributed by atoms with Gasteiger partial charge in [0.15, 0.2) is 0 Å². The molecule has 37 heavy (non-hydrogen) atoms. The third kappa shape index (κ3) is 12.2. The minimum atomic E-state index is -1.33. The van der Waals surface area contributed by atoms with Crippen LogP contribution in [0.25, 0.3) is 0 Å². The number of aromatic amines is 1. The zero-order valence-electron chi connectivity index (χ0n) is 20.3. The van der Waals surface area contributed by atoms with E-state index in [1.807, 2.05) is 0 Å². The normalized spacial score (nSPS) is 14.0. The molecule has 1 heterocycles. The monoisotopic (exact) mass is 543 g/mol. The standard InChI is InChI=1S/C21H33N7O8S/c1-37-7-6-14(21(35)36)27-20(34)15(8-11-9-24-10-25-11)28-19(33)13(3-4-16(23)29)26-18(32)12(22)2-5-17(30)31/h9-10,12-15H,2-8,22H2,1H3,(H2,23,29)(H,24,25)(H,26,32)(H,27,34)(H,28,33)(H,30,31)(H,35,36). The molecule has 0 fully saturated rings. The highest BCUT2D eigenvalue weighted by molar-refractivity contribution is 7.98. The van der Waals surface area contributed by atoms with Crippen molar-refractivity contribution in [3.8, 4) is 0 Å². The van der Waals surface area contributed by atoms with Crippen molar-refractivity contribution >= 4 is 47.3 Å². The molecule has 10 N–H and O–H groups in total. The summed E-state index contributed by atoms with van der Waals surface area (Å²) in [5, 5.41) is 25.5. The van der Waals surface area contributed by atoms with E-state index in [4.69, 9.17) is 16.6 Å². The molecule has 4 unspecified atom stereocenters. The number of aromatic nitrogens is 2. The number of nitrogens with two attached hydrogens (primary N) is 2. The molecule has 4 atom stereocenters. The Hall–Kier alpha value is -3.66. The van der Waals surface area contributed by atoms with Gasteiger partial charge >= 0.3 is 11.9 Å². The number of nitrogens with one attached hydrogen (secondary N) is 4. The maximum Gasteiger partial charge on any atom is 0.326 e. The molecule has 0 bridgehead atoms. The van der Waals surface area contributed by atoms with Gasteiger partial charge in [0.25, 0.3) is 0 Å². The summed E-state index contributed by atoms with van der Waals surface area (Å²) in [5.41, 5.74) is 11.3. The second-order valence-electron chi connectivity index (χ2n) is 8.13. The molecule has 0 aromatic carbocycles. The maximum atomic E-state index is 13.1. The third-order valence-corrected chi connectivity index (χ3v) is 5.80. The first-order valence-corrected chi connectivity index (χ1v) is 12.7. The number of rotatable bonds is 18. The molecule has 0 saturated heterocycles. The van der Waals surface area contributed by atoms with E-state index in [-0.39, 0.29) is 38.5 Å². The Morgan fingerprint density at radius 2 is 1.57 bits per heavy atom. The Balaban J connectivity index is 3.05. The number of primary amides is 1. The SMILES string of the molecule is CSCCC(NC(=O)C(Cc1cnc[nH]1)NC(=O)C(CCC(N)=O)NC(=O)C(N)CCC(=O)O)C(=O)O. The molecule has 1 rings (SSSR count).